The van der Waals surface area contributed by atoms with E-state index >= 15 is 0 Å². The van der Waals surface area contributed by atoms with Crippen molar-refractivity contribution in [3.05, 3.63) is 87.5 Å². The van der Waals surface area contributed by atoms with Gasteiger partial charge >= 0.3 is 12.4 Å². The van der Waals surface area contributed by atoms with Crippen molar-refractivity contribution in [2.24, 2.45) is 17.8 Å². The smallest absolute Gasteiger partial charge is 0.419 e. The van der Waals surface area contributed by atoms with Crippen LogP contribution in [0.5, 0.6) is 0 Å². The molecule has 40 heavy (non-hydrogen) atoms. The van der Waals surface area contributed by atoms with Crippen LogP contribution < -0.4 is 16.1 Å². The zero-order valence-electron chi connectivity index (χ0n) is 20.2. The molecular formula is C27H19F7N2O4. The van der Waals surface area contributed by atoms with E-state index in [0.29, 0.717) is 12.1 Å². The predicted molar refractivity (Wildman–Crippen MR) is 128 cm³/mol. The van der Waals surface area contributed by atoms with Gasteiger partial charge in [-0.25, -0.2) is 4.39 Å². The molecule has 2 bridgehead atoms. The summed E-state index contributed by atoms with van der Waals surface area (Å²) in [5.74, 6) is -7.08. The summed E-state index contributed by atoms with van der Waals surface area (Å²) in [7, 11) is 0. The molecule has 0 saturated heterocycles. The number of nitrogens with one attached hydrogen (secondary N) is 2. The zero-order valence-corrected chi connectivity index (χ0v) is 20.2. The standard InChI is InChI=1S/C27H19F7N2O4/c28-18-8-5-12(9-17(18)27(32,33)34)35-25(39)22-13-6-7-14(16(13)11-26(29,30)31)23(22)36-24(38)21-10-19(37)15-3-1-2-4-20(15)40-21/h1-5,8-11,13-14,22-23H,6-7H2,(H,35,39)(H,36,38)/b16-11-/t13?,14?,22-,23+/m0/s1. The second-order valence-corrected chi connectivity index (χ2v) is 9.65. The van der Waals surface area contributed by atoms with E-state index in [1.54, 1.807) is 12.1 Å². The van der Waals surface area contributed by atoms with Gasteiger partial charge in [0.05, 0.1) is 16.9 Å². The van der Waals surface area contributed by atoms with Crippen molar-refractivity contribution in [1.82, 2.24) is 5.32 Å². The summed E-state index contributed by atoms with van der Waals surface area (Å²) in [6, 6.07) is 7.58. The molecule has 6 nitrogen and oxygen atoms in total. The number of para-hydroxylation sites is 1. The molecule has 13 heteroatoms. The fourth-order valence-corrected chi connectivity index (χ4v) is 5.67. The second kappa shape index (κ2) is 9.79. The maximum atomic E-state index is 13.7. The van der Waals surface area contributed by atoms with E-state index in [0.717, 1.165) is 12.1 Å². The first-order valence-corrected chi connectivity index (χ1v) is 12.0. The molecule has 2 aliphatic carbocycles. The van der Waals surface area contributed by atoms with E-state index in [2.05, 4.69) is 10.6 Å². The van der Waals surface area contributed by atoms with Crippen molar-refractivity contribution in [3.63, 3.8) is 0 Å². The lowest BCUT2D eigenvalue weighted by molar-refractivity contribution is -0.140. The molecule has 0 spiro atoms. The molecule has 5 rings (SSSR count). The Morgan fingerprint density at radius 2 is 1.65 bits per heavy atom. The van der Waals surface area contributed by atoms with Gasteiger partial charge in [0.2, 0.25) is 5.91 Å². The molecule has 2 unspecified atom stereocenters. The summed E-state index contributed by atoms with van der Waals surface area (Å²) in [6.45, 7) is 0. The molecule has 0 aliphatic heterocycles. The maximum absolute atomic E-state index is 13.7. The Morgan fingerprint density at radius 3 is 2.35 bits per heavy atom. The minimum absolute atomic E-state index is 0.0809. The lowest BCUT2D eigenvalue weighted by atomic mass is 9.83. The number of fused-ring (bicyclic) bond motifs is 3. The van der Waals surface area contributed by atoms with Crippen LogP contribution in [-0.4, -0.2) is 24.0 Å². The Bertz CT molecular complexity index is 1590. The number of alkyl halides is 6. The van der Waals surface area contributed by atoms with Gasteiger partial charge in [-0.2, -0.15) is 26.3 Å². The van der Waals surface area contributed by atoms with E-state index in [9.17, 15) is 45.1 Å². The summed E-state index contributed by atoms with van der Waals surface area (Å²) >= 11 is 0. The van der Waals surface area contributed by atoms with Crippen LogP contribution in [0.15, 0.2) is 69.4 Å². The third-order valence-corrected chi connectivity index (χ3v) is 7.23. The Balaban J connectivity index is 1.47. The molecule has 0 radical (unpaired) electrons. The van der Waals surface area contributed by atoms with E-state index in [-0.39, 0.29) is 35.5 Å². The number of benzene rings is 2. The highest BCUT2D eigenvalue weighted by Crippen LogP contribution is 2.54. The molecular weight excluding hydrogens is 549 g/mol. The van der Waals surface area contributed by atoms with E-state index in [1.165, 1.54) is 12.1 Å². The van der Waals surface area contributed by atoms with Crippen molar-refractivity contribution in [2.45, 2.75) is 31.2 Å². The topological polar surface area (TPSA) is 88.4 Å². The van der Waals surface area contributed by atoms with Gasteiger partial charge in [0.15, 0.2) is 11.2 Å². The number of halogens is 7. The quantitative estimate of drug-likeness (QED) is 0.306. The van der Waals surface area contributed by atoms with Crippen LogP contribution in [0.25, 0.3) is 11.0 Å². The molecule has 1 heterocycles. The second-order valence-electron chi connectivity index (χ2n) is 9.65. The number of rotatable bonds is 4. The number of anilines is 1. The van der Waals surface area contributed by atoms with Crippen molar-refractivity contribution in [2.75, 3.05) is 5.32 Å². The third-order valence-electron chi connectivity index (χ3n) is 7.23. The third kappa shape index (κ3) is 5.19. The average Bonchev–Trinajstić information content (AvgIpc) is 3.37. The van der Waals surface area contributed by atoms with E-state index < -0.39 is 76.2 Å². The molecule has 2 aromatic carbocycles. The number of carbonyl (C=O) groups is 2. The molecule has 1 aromatic heterocycles. The van der Waals surface area contributed by atoms with Gasteiger partial charge in [-0.3, -0.25) is 14.4 Å². The molecule has 2 aliphatic rings. The van der Waals surface area contributed by atoms with Gasteiger partial charge < -0.3 is 15.1 Å². The first-order valence-electron chi connectivity index (χ1n) is 12.0. The van der Waals surface area contributed by atoms with Gasteiger partial charge in [-0.15, -0.1) is 0 Å². The molecule has 2 N–H and O–H groups in total. The van der Waals surface area contributed by atoms with Gasteiger partial charge in [0.25, 0.3) is 5.91 Å². The Morgan fingerprint density at radius 1 is 0.950 bits per heavy atom. The summed E-state index contributed by atoms with van der Waals surface area (Å²) < 4.78 is 98.7. The van der Waals surface area contributed by atoms with Crippen LogP contribution in [0, 0.1) is 23.6 Å². The minimum atomic E-state index is -5.06. The maximum Gasteiger partial charge on any atom is 0.419 e. The Hall–Kier alpha value is -4.16. The van der Waals surface area contributed by atoms with Crippen LogP contribution in [0.3, 0.4) is 0 Å². The van der Waals surface area contributed by atoms with Gasteiger partial charge in [-0.1, -0.05) is 17.7 Å². The van der Waals surface area contributed by atoms with Crippen LogP contribution in [0.2, 0.25) is 0 Å². The number of amides is 2. The first-order chi connectivity index (χ1) is 18.7. The van der Waals surface area contributed by atoms with Crippen molar-refractivity contribution < 1.29 is 44.7 Å². The minimum Gasteiger partial charge on any atom is -0.451 e. The Kier molecular flexibility index (Phi) is 6.71. The summed E-state index contributed by atoms with van der Waals surface area (Å²) in [6.07, 6.45) is -9.32. The van der Waals surface area contributed by atoms with Gasteiger partial charge in [0.1, 0.15) is 11.4 Å². The van der Waals surface area contributed by atoms with Crippen LogP contribution >= 0.6 is 0 Å². The first kappa shape index (κ1) is 27.4. The highest BCUT2D eigenvalue weighted by Gasteiger charge is 2.55. The zero-order chi connectivity index (χ0) is 29.0. The Labute approximate surface area is 220 Å². The van der Waals surface area contributed by atoms with Gasteiger partial charge in [-0.05, 0) is 49.1 Å². The molecule has 4 atom stereocenters. The van der Waals surface area contributed by atoms with E-state index in [4.69, 9.17) is 4.42 Å². The number of hydrogen-bond donors (Lipinski definition) is 2. The molecule has 210 valence electrons. The largest absolute Gasteiger partial charge is 0.451 e. The van der Waals surface area contributed by atoms with Crippen molar-refractivity contribution in [3.8, 4) is 0 Å². The summed E-state index contributed by atoms with van der Waals surface area (Å²) in [5.41, 5.74) is -2.62. The molecule has 2 saturated carbocycles. The van der Waals surface area contributed by atoms with Crippen LogP contribution in [-0.2, 0) is 11.0 Å². The monoisotopic (exact) mass is 568 g/mol. The highest BCUT2D eigenvalue weighted by atomic mass is 19.4. The predicted octanol–water partition coefficient (Wildman–Crippen LogP) is 5.83. The number of hydrogen-bond acceptors (Lipinski definition) is 4. The average molecular weight is 568 g/mol. The fraction of sp³-hybridized carbons (Fsp3) is 0.296. The molecule has 2 amide bonds. The van der Waals surface area contributed by atoms with Crippen molar-refractivity contribution in [1.29, 1.82) is 0 Å². The highest BCUT2D eigenvalue weighted by molar-refractivity contribution is 5.97. The van der Waals surface area contributed by atoms with E-state index in [1.807, 2.05) is 0 Å². The summed E-state index contributed by atoms with van der Waals surface area (Å²) in [5, 5.41) is 4.94. The van der Waals surface area contributed by atoms with Crippen LogP contribution in [0.4, 0.5) is 36.4 Å². The number of allylic oxidation sites excluding steroid dienone is 1. The normalized spacial score (nSPS) is 23.5. The molecule has 3 aromatic rings. The van der Waals surface area contributed by atoms with Crippen molar-refractivity contribution >= 4 is 28.5 Å². The number of carbonyl (C=O) groups excluding carboxylic acids is 2. The lowest BCUT2D eigenvalue weighted by Crippen LogP contribution is -2.48. The van der Waals surface area contributed by atoms with Crippen LogP contribution in [0.1, 0.15) is 29.0 Å². The lowest BCUT2D eigenvalue weighted by Gasteiger charge is -2.30. The SMILES string of the molecule is O=C(N[C@@H]1C2CCC(/C2=C/C(F)(F)F)[C@@H]1C(=O)Nc1ccc(F)c(C(F)(F)F)c1)c1cc(=O)c2ccccc2o1. The van der Waals surface area contributed by atoms with Gasteiger partial charge in [0, 0.05) is 29.8 Å². The summed E-state index contributed by atoms with van der Waals surface area (Å²) in [4.78, 5) is 38.8. The molecule has 2 fully saturated rings. The fourth-order valence-electron chi connectivity index (χ4n) is 5.67.